The molecule has 0 bridgehead atoms. The third-order valence-electron chi connectivity index (χ3n) is 2.72. The van der Waals surface area contributed by atoms with Crippen LogP contribution in [0.2, 0.25) is 0 Å². The summed E-state index contributed by atoms with van der Waals surface area (Å²) in [4.78, 5) is 11.6. The third kappa shape index (κ3) is 6.53. The largest absolute Gasteiger partial charge is 0.465 e. The minimum atomic E-state index is -0.0174. The van der Waals surface area contributed by atoms with Gasteiger partial charge in [-0.1, -0.05) is 34.6 Å². The lowest BCUT2D eigenvalue weighted by Crippen LogP contribution is -2.22. The summed E-state index contributed by atoms with van der Waals surface area (Å²) in [7, 11) is 0. The van der Waals surface area contributed by atoms with E-state index in [2.05, 4.69) is 27.7 Å². The van der Waals surface area contributed by atoms with Crippen molar-refractivity contribution in [2.45, 2.75) is 53.9 Å². The van der Waals surface area contributed by atoms with E-state index in [1.807, 2.05) is 6.92 Å². The summed E-state index contributed by atoms with van der Waals surface area (Å²) in [5.41, 5.74) is 0. The molecule has 1 atom stereocenters. The Hall–Kier alpha value is -0.530. The van der Waals surface area contributed by atoms with Crippen LogP contribution in [-0.4, -0.2) is 12.6 Å². The van der Waals surface area contributed by atoms with Crippen molar-refractivity contribution in [3.8, 4) is 0 Å². The molecule has 0 radical (unpaired) electrons. The highest BCUT2D eigenvalue weighted by Crippen LogP contribution is 2.16. The highest BCUT2D eigenvalue weighted by Gasteiger charge is 2.21. The van der Waals surface area contributed by atoms with Crippen molar-refractivity contribution in [1.82, 2.24) is 0 Å². The van der Waals surface area contributed by atoms with E-state index in [1.165, 1.54) is 0 Å². The van der Waals surface area contributed by atoms with E-state index < -0.39 is 0 Å². The van der Waals surface area contributed by atoms with Crippen LogP contribution >= 0.6 is 0 Å². The fourth-order valence-corrected chi connectivity index (χ4v) is 1.68. The molecule has 0 heterocycles. The van der Waals surface area contributed by atoms with Gasteiger partial charge >= 0.3 is 5.97 Å². The zero-order valence-corrected chi connectivity index (χ0v) is 10.9. The van der Waals surface area contributed by atoms with Gasteiger partial charge in [-0.05, 0) is 31.1 Å². The van der Waals surface area contributed by atoms with Gasteiger partial charge in [-0.2, -0.15) is 0 Å². The first-order valence-corrected chi connectivity index (χ1v) is 6.15. The predicted molar refractivity (Wildman–Crippen MR) is 63.7 cm³/mol. The molecule has 0 aromatic carbocycles. The summed E-state index contributed by atoms with van der Waals surface area (Å²) in [6.07, 6.45) is 2.99. The third-order valence-corrected chi connectivity index (χ3v) is 2.72. The summed E-state index contributed by atoms with van der Waals surface area (Å²) < 4.78 is 5.27. The van der Waals surface area contributed by atoms with Gasteiger partial charge in [-0.3, -0.25) is 4.79 Å². The average molecular weight is 214 g/mol. The van der Waals surface area contributed by atoms with E-state index in [0.29, 0.717) is 18.4 Å². The second-order valence-corrected chi connectivity index (χ2v) is 4.96. The number of hydrogen-bond acceptors (Lipinski definition) is 2. The fraction of sp³-hybridized carbons (Fsp3) is 0.923. The molecule has 0 aliphatic rings. The first-order chi connectivity index (χ1) is 6.99. The van der Waals surface area contributed by atoms with Gasteiger partial charge in [0, 0.05) is 0 Å². The number of carbonyl (C=O) groups excluding carboxylic acids is 1. The van der Waals surface area contributed by atoms with Crippen LogP contribution in [0, 0.1) is 17.8 Å². The van der Waals surface area contributed by atoms with Crippen molar-refractivity contribution in [2.24, 2.45) is 17.8 Å². The number of hydrogen-bond donors (Lipinski definition) is 0. The van der Waals surface area contributed by atoms with Gasteiger partial charge in [0.1, 0.15) is 0 Å². The Labute approximate surface area is 94.4 Å². The normalized spacial score (nSPS) is 13.3. The van der Waals surface area contributed by atoms with Crippen molar-refractivity contribution in [2.75, 3.05) is 6.61 Å². The average Bonchev–Trinajstić information content (AvgIpc) is 2.12. The van der Waals surface area contributed by atoms with Gasteiger partial charge in [0.05, 0.1) is 12.5 Å². The van der Waals surface area contributed by atoms with Gasteiger partial charge in [0.2, 0.25) is 0 Å². The predicted octanol–water partition coefficient (Wildman–Crippen LogP) is 3.65. The highest BCUT2D eigenvalue weighted by atomic mass is 16.5. The van der Waals surface area contributed by atoms with Gasteiger partial charge in [0.15, 0.2) is 0 Å². The SMILES string of the molecule is CCC(C(=O)OCCCC(C)C)C(C)C. The molecule has 90 valence electrons. The summed E-state index contributed by atoms with van der Waals surface area (Å²) in [6.45, 7) is 11.1. The first kappa shape index (κ1) is 14.5. The topological polar surface area (TPSA) is 26.3 Å². The maximum absolute atomic E-state index is 11.6. The molecule has 0 spiro atoms. The maximum atomic E-state index is 11.6. The lowest BCUT2D eigenvalue weighted by molar-refractivity contribution is -0.150. The molecule has 0 aromatic heterocycles. The first-order valence-electron chi connectivity index (χ1n) is 6.15. The summed E-state index contributed by atoms with van der Waals surface area (Å²) in [5, 5.41) is 0. The van der Waals surface area contributed by atoms with Crippen molar-refractivity contribution < 1.29 is 9.53 Å². The zero-order chi connectivity index (χ0) is 11.8. The quantitative estimate of drug-likeness (QED) is 0.477. The standard InChI is InChI=1S/C13H26O2/c1-6-12(11(4)5)13(14)15-9-7-8-10(2)3/h10-12H,6-9H2,1-5H3. The van der Waals surface area contributed by atoms with Crippen molar-refractivity contribution in [3.05, 3.63) is 0 Å². The Morgan fingerprint density at radius 3 is 2.20 bits per heavy atom. The molecule has 15 heavy (non-hydrogen) atoms. The Kier molecular flexibility index (Phi) is 7.45. The van der Waals surface area contributed by atoms with Crippen LogP contribution < -0.4 is 0 Å². The van der Waals surface area contributed by atoms with Crippen molar-refractivity contribution >= 4 is 5.97 Å². The van der Waals surface area contributed by atoms with Crippen molar-refractivity contribution in [1.29, 1.82) is 0 Å². The van der Waals surface area contributed by atoms with Gasteiger partial charge < -0.3 is 4.74 Å². The molecule has 0 saturated heterocycles. The summed E-state index contributed by atoms with van der Waals surface area (Å²) in [5.74, 6) is 1.13. The second kappa shape index (κ2) is 7.72. The van der Waals surface area contributed by atoms with Crippen LogP contribution in [0.5, 0.6) is 0 Å². The van der Waals surface area contributed by atoms with Crippen LogP contribution in [0.25, 0.3) is 0 Å². The number of carbonyl (C=O) groups is 1. The number of rotatable bonds is 7. The molecular weight excluding hydrogens is 188 g/mol. The number of ether oxygens (including phenoxy) is 1. The minimum Gasteiger partial charge on any atom is -0.465 e. The second-order valence-electron chi connectivity index (χ2n) is 4.96. The molecule has 0 aromatic rings. The minimum absolute atomic E-state index is 0.0174. The van der Waals surface area contributed by atoms with Gasteiger partial charge in [0.25, 0.3) is 0 Å². The number of esters is 1. The Balaban J connectivity index is 3.72. The van der Waals surface area contributed by atoms with E-state index in [9.17, 15) is 4.79 Å². The summed E-state index contributed by atoms with van der Waals surface area (Å²) in [6, 6.07) is 0. The van der Waals surface area contributed by atoms with Crippen LogP contribution in [0.4, 0.5) is 0 Å². The van der Waals surface area contributed by atoms with Crippen LogP contribution in [0.15, 0.2) is 0 Å². The molecule has 0 fully saturated rings. The fourth-order valence-electron chi connectivity index (χ4n) is 1.68. The van der Waals surface area contributed by atoms with E-state index in [-0.39, 0.29) is 11.9 Å². The molecule has 0 aliphatic heterocycles. The molecule has 0 amide bonds. The van der Waals surface area contributed by atoms with Crippen molar-refractivity contribution in [3.63, 3.8) is 0 Å². The lowest BCUT2D eigenvalue weighted by atomic mass is 9.93. The molecular formula is C13H26O2. The Morgan fingerprint density at radius 2 is 1.80 bits per heavy atom. The monoisotopic (exact) mass is 214 g/mol. The van der Waals surface area contributed by atoms with Crippen LogP contribution in [0.1, 0.15) is 53.9 Å². The maximum Gasteiger partial charge on any atom is 0.309 e. The molecule has 0 saturated carbocycles. The van der Waals surface area contributed by atoms with E-state index in [1.54, 1.807) is 0 Å². The zero-order valence-electron chi connectivity index (χ0n) is 10.9. The molecule has 0 rings (SSSR count). The molecule has 2 nitrogen and oxygen atoms in total. The van der Waals surface area contributed by atoms with E-state index in [4.69, 9.17) is 4.74 Å². The highest BCUT2D eigenvalue weighted by molar-refractivity contribution is 5.72. The van der Waals surface area contributed by atoms with Crippen LogP contribution in [-0.2, 0) is 9.53 Å². The van der Waals surface area contributed by atoms with Gasteiger partial charge in [-0.25, -0.2) is 0 Å². The lowest BCUT2D eigenvalue weighted by Gasteiger charge is -2.17. The smallest absolute Gasteiger partial charge is 0.309 e. The van der Waals surface area contributed by atoms with Crippen LogP contribution in [0.3, 0.4) is 0 Å². The Bertz CT molecular complexity index is 173. The van der Waals surface area contributed by atoms with Gasteiger partial charge in [-0.15, -0.1) is 0 Å². The molecule has 0 N–H and O–H groups in total. The summed E-state index contributed by atoms with van der Waals surface area (Å²) >= 11 is 0. The molecule has 0 aliphatic carbocycles. The van der Waals surface area contributed by atoms with E-state index in [0.717, 1.165) is 19.3 Å². The Morgan fingerprint density at radius 1 is 1.20 bits per heavy atom. The molecule has 2 heteroatoms. The molecule has 1 unspecified atom stereocenters. The van der Waals surface area contributed by atoms with E-state index >= 15 is 0 Å².